The molecule has 0 spiro atoms. The van der Waals surface area contributed by atoms with E-state index >= 15 is 0 Å². The molecule has 1 heteroatoms. The van der Waals surface area contributed by atoms with Crippen LogP contribution in [0.25, 0.3) is 0 Å². The molecule has 0 radical (unpaired) electrons. The van der Waals surface area contributed by atoms with E-state index in [0.717, 1.165) is 4.81 Å². The predicted molar refractivity (Wildman–Crippen MR) is 13.6 cm³/mol. The summed E-state index contributed by atoms with van der Waals surface area (Å²) in [6.07, 6.45) is 4.80. The molecule has 4 heavy (non-hydrogen) atoms. The summed E-state index contributed by atoms with van der Waals surface area (Å²) in [5.74, 6) is 2.47. The molecule has 0 aromatic heterocycles. The van der Waals surface area contributed by atoms with Gasteiger partial charge in [-0.1, -0.05) is 0 Å². The number of hydrogen-bond donors (Lipinski definition) is 0. The van der Waals surface area contributed by atoms with Gasteiger partial charge in [0.05, 0.1) is 0 Å². The Morgan fingerprint density at radius 2 is 2.25 bits per heavy atom. The minimum absolute atomic E-state index is 0.931. The van der Waals surface area contributed by atoms with E-state index in [1.54, 1.807) is 0 Å². The van der Waals surface area contributed by atoms with Gasteiger partial charge in [0, 0.05) is 0 Å². The van der Waals surface area contributed by atoms with E-state index in [0.29, 0.717) is 0 Å². The van der Waals surface area contributed by atoms with Gasteiger partial charge >= 0.3 is 37.0 Å². The molecule has 0 aliphatic rings. The molecule has 0 unspecified atom stereocenters. The van der Waals surface area contributed by atoms with Crippen molar-refractivity contribution in [1.29, 1.82) is 0 Å². The molecular formula is C3H3W. The van der Waals surface area contributed by atoms with Crippen molar-refractivity contribution in [2.24, 2.45) is 0 Å². The van der Waals surface area contributed by atoms with Gasteiger partial charge in [-0.2, -0.15) is 0 Å². The third kappa shape index (κ3) is 2.25. The molecule has 0 fully saturated rings. The second-order valence-corrected chi connectivity index (χ2v) is 1.39. The molecule has 0 aliphatic carbocycles. The number of hydrogen-bond acceptors (Lipinski definition) is 0. The summed E-state index contributed by atoms with van der Waals surface area (Å²) in [5, 5.41) is 0. The zero-order valence-electron chi connectivity index (χ0n) is 2.19. The van der Waals surface area contributed by atoms with E-state index in [4.69, 9.17) is 6.42 Å². The van der Waals surface area contributed by atoms with Gasteiger partial charge in [-0.05, 0) is 0 Å². The van der Waals surface area contributed by atoms with Crippen molar-refractivity contribution in [3.05, 3.63) is 0 Å². The van der Waals surface area contributed by atoms with Gasteiger partial charge in [0.1, 0.15) is 0 Å². The number of terminal acetylenes is 1. The van der Waals surface area contributed by atoms with E-state index in [9.17, 15) is 0 Å². The van der Waals surface area contributed by atoms with Crippen LogP contribution < -0.4 is 0 Å². The standard InChI is InChI=1S/C3H3.W/c1-3-2;/h1H,2H2;. The van der Waals surface area contributed by atoms with Crippen LogP contribution in [-0.2, 0) is 19.8 Å². The Labute approximate surface area is 37.5 Å². The van der Waals surface area contributed by atoms with Crippen molar-refractivity contribution < 1.29 is 19.8 Å². The molecule has 21 valence electrons. The summed E-state index contributed by atoms with van der Waals surface area (Å²) in [6.45, 7) is 0. The molecule has 0 heterocycles. The summed E-state index contributed by atoms with van der Waals surface area (Å²) in [4.78, 5) is 0.931. The first-order valence-electron chi connectivity index (χ1n) is 0.931. The van der Waals surface area contributed by atoms with Crippen LogP contribution in [0.3, 0.4) is 0 Å². The average molecular weight is 223 g/mol. The molecular weight excluding hydrogens is 220 g/mol. The second-order valence-electron chi connectivity index (χ2n) is 0.348. The van der Waals surface area contributed by atoms with E-state index < -0.39 is 0 Å². The van der Waals surface area contributed by atoms with Gasteiger partial charge in [0.15, 0.2) is 0 Å². The third-order valence-corrected chi connectivity index (χ3v) is 0.682. The van der Waals surface area contributed by atoms with E-state index in [1.807, 2.05) is 0 Å². The molecule has 0 atom stereocenters. The van der Waals surface area contributed by atoms with E-state index in [-0.39, 0.29) is 0 Å². The summed E-state index contributed by atoms with van der Waals surface area (Å²) in [7, 11) is 0. The summed E-state index contributed by atoms with van der Waals surface area (Å²) in [6, 6.07) is 0. The molecule has 0 rings (SSSR count). The second kappa shape index (κ2) is 3.25. The van der Waals surface area contributed by atoms with Crippen LogP contribution >= 0.6 is 0 Å². The maximum atomic E-state index is 4.80. The van der Waals surface area contributed by atoms with Gasteiger partial charge in [0.25, 0.3) is 0 Å². The Bertz CT molecular complexity index is 33.0. The van der Waals surface area contributed by atoms with Gasteiger partial charge < -0.3 is 0 Å². The Morgan fingerprint density at radius 1 is 2.00 bits per heavy atom. The van der Waals surface area contributed by atoms with Crippen LogP contribution in [0.1, 0.15) is 0 Å². The Balaban J connectivity index is 2.43. The molecule has 0 bridgehead atoms. The molecule has 0 aromatic rings. The maximum absolute atomic E-state index is 4.80. The van der Waals surface area contributed by atoms with Crippen LogP contribution in [-0.4, -0.2) is 0 Å². The van der Waals surface area contributed by atoms with E-state index in [2.05, 4.69) is 5.92 Å². The SMILES string of the molecule is C#C[CH2][W]. The quantitative estimate of drug-likeness (QED) is 0.527. The van der Waals surface area contributed by atoms with Gasteiger partial charge in [-0.3, -0.25) is 0 Å². The first-order chi connectivity index (χ1) is 1.91. The minimum atomic E-state index is 0.931. The van der Waals surface area contributed by atoms with Gasteiger partial charge in [0.2, 0.25) is 0 Å². The molecule has 0 saturated carbocycles. The fourth-order valence-corrected chi connectivity index (χ4v) is 0. The van der Waals surface area contributed by atoms with Crippen molar-refractivity contribution in [2.75, 3.05) is 0 Å². The third-order valence-electron chi connectivity index (χ3n) is 0.0833. The van der Waals surface area contributed by atoms with Crippen LogP contribution in [0.15, 0.2) is 0 Å². The molecule has 0 saturated heterocycles. The van der Waals surface area contributed by atoms with Crippen molar-refractivity contribution in [3.63, 3.8) is 0 Å². The summed E-state index contributed by atoms with van der Waals surface area (Å²) < 4.78 is 0. The Hall–Kier alpha value is 0.248. The van der Waals surface area contributed by atoms with Crippen molar-refractivity contribution in [2.45, 2.75) is 4.81 Å². The zero-order chi connectivity index (χ0) is 3.41. The normalized spacial score (nSPS) is 4.75. The van der Waals surface area contributed by atoms with Crippen molar-refractivity contribution >= 4 is 0 Å². The van der Waals surface area contributed by atoms with Crippen LogP contribution in [0.2, 0.25) is 4.81 Å². The Kier molecular flexibility index (Phi) is 3.45. The average Bonchev–Trinajstić information content (AvgIpc) is 1.37. The molecule has 0 nitrogen and oxygen atoms in total. The van der Waals surface area contributed by atoms with Gasteiger partial charge in [-0.25, -0.2) is 0 Å². The summed E-state index contributed by atoms with van der Waals surface area (Å²) >= 11 is 1.47. The van der Waals surface area contributed by atoms with Crippen LogP contribution in [0.4, 0.5) is 0 Å². The predicted octanol–water partition coefficient (Wildman–Crippen LogP) is 0.585. The van der Waals surface area contributed by atoms with E-state index in [1.165, 1.54) is 19.8 Å². The summed E-state index contributed by atoms with van der Waals surface area (Å²) in [5.41, 5.74) is 0. The first kappa shape index (κ1) is 4.25. The van der Waals surface area contributed by atoms with Crippen molar-refractivity contribution in [1.82, 2.24) is 0 Å². The number of rotatable bonds is 0. The monoisotopic (exact) mass is 223 g/mol. The molecule has 0 N–H and O–H groups in total. The Morgan fingerprint density at radius 3 is 2.25 bits per heavy atom. The van der Waals surface area contributed by atoms with Gasteiger partial charge in [-0.15, -0.1) is 0 Å². The topological polar surface area (TPSA) is 0 Å². The fourth-order valence-electron chi connectivity index (χ4n) is 0. The van der Waals surface area contributed by atoms with Crippen LogP contribution in [0.5, 0.6) is 0 Å². The zero-order valence-corrected chi connectivity index (χ0v) is 5.13. The molecule has 0 aromatic carbocycles. The van der Waals surface area contributed by atoms with Crippen molar-refractivity contribution in [3.8, 4) is 12.3 Å². The fraction of sp³-hybridized carbons (Fsp3) is 0.333. The first-order valence-corrected chi connectivity index (χ1v) is 3.01. The van der Waals surface area contributed by atoms with Crippen LogP contribution in [0, 0.1) is 12.3 Å². The molecule has 0 aliphatic heterocycles. The molecule has 0 amide bonds.